The van der Waals surface area contributed by atoms with Crippen molar-refractivity contribution >= 4 is 32.3 Å². The highest BCUT2D eigenvalue weighted by Gasteiger charge is 2.17. The zero-order chi connectivity index (χ0) is 20.1. The van der Waals surface area contributed by atoms with E-state index in [1.54, 1.807) is 0 Å². The molecule has 0 amide bonds. The van der Waals surface area contributed by atoms with Crippen LogP contribution in [-0.2, 0) is 0 Å². The minimum Gasteiger partial charge on any atom is -0.281 e. The van der Waals surface area contributed by atoms with Gasteiger partial charge in [0.05, 0.1) is 0 Å². The highest BCUT2D eigenvalue weighted by atomic mass is 79.9. The Bertz CT molecular complexity index is 1360. The number of pyridine rings is 1. The molecule has 0 atom stereocenters. The van der Waals surface area contributed by atoms with Gasteiger partial charge in [0.15, 0.2) is 11.5 Å². The van der Waals surface area contributed by atoms with Crippen molar-refractivity contribution in [2.24, 2.45) is 0 Å². The van der Waals surface area contributed by atoms with Crippen LogP contribution in [0.1, 0.15) is 16.7 Å². The van der Waals surface area contributed by atoms with Crippen molar-refractivity contribution in [2.75, 3.05) is 0 Å². The van der Waals surface area contributed by atoms with E-state index in [0.29, 0.717) is 0 Å². The summed E-state index contributed by atoms with van der Waals surface area (Å²) in [6.45, 7) is 6.53. The number of benzene rings is 3. The Hall–Kier alpha value is -2.98. The number of rotatable bonds is 2. The largest absolute Gasteiger partial charge is 0.281 e. The van der Waals surface area contributed by atoms with Crippen molar-refractivity contribution < 1.29 is 0 Å². The first kappa shape index (κ1) is 18.1. The number of hydrogen-bond acceptors (Lipinski definition) is 2. The molecule has 5 rings (SSSR count). The highest BCUT2D eigenvalue weighted by Crippen LogP contribution is 2.36. The fraction of sp³-hybridized carbons (Fsp3) is 0.120. The Labute approximate surface area is 178 Å². The van der Waals surface area contributed by atoms with Crippen LogP contribution < -0.4 is 0 Å². The summed E-state index contributed by atoms with van der Waals surface area (Å²) >= 11 is 3.51. The molecule has 0 fully saturated rings. The van der Waals surface area contributed by atoms with Crippen LogP contribution in [0.25, 0.3) is 38.9 Å². The van der Waals surface area contributed by atoms with Crippen molar-refractivity contribution in [3.63, 3.8) is 0 Å². The number of aromatic nitrogens is 3. The molecule has 3 nitrogen and oxygen atoms in total. The summed E-state index contributed by atoms with van der Waals surface area (Å²) in [5, 5.41) is 11.4. The van der Waals surface area contributed by atoms with Crippen LogP contribution in [-0.4, -0.2) is 14.6 Å². The predicted molar refractivity (Wildman–Crippen MR) is 123 cm³/mol. The second-order valence-electron chi connectivity index (χ2n) is 7.59. The zero-order valence-corrected chi connectivity index (χ0v) is 18.2. The average molecular weight is 442 g/mol. The van der Waals surface area contributed by atoms with E-state index in [4.69, 9.17) is 0 Å². The molecule has 2 aromatic heterocycles. The lowest BCUT2D eigenvalue weighted by molar-refractivity contribution is 1.11. The first-order valence-corrected chi connectivity index (χ1v) is 10.4. The Morgan fingerprint density at radius 1 is 0.793 bits per heavy atom. The monoisotopic (exact) mass is 441 g/mol. The highest BCUT2D eigenvalue weighted by molar-refractivity contribution is 9.10. The van der Waals surface area contributed by atoms with Crippen LogP contribution in [0.15, 0.2) is 71.3 Å². The number of fused-ring (bicyclic) bond motifs is 3. The summed E-state index contributed by atoms with van der Waals surface area (Å²) in [7, 11) is 0. The maximum atomic E-state index is 4.54. The molecule has 0 radical (unpaired) electrons. The number of nitrogens with zero attached hydrogens (tertiary/aromatic N) is 3. The molecule has 0 saturated heterocycles. The molecule has 0 aliphatic carbocycles. The molecule has 29 heavy (non-hydrogen) atoms. The van der Waals surface area contributed by atoms with Gasteiger partial charge in [-0.3, -0.25) is 4.40 Å². The average Bonchev–Trinajstić information content (AvgIpc) is 3.12. The molecule has 5 aromatic rings. The normalized spacial score (nSPS) is 11.4. The maximum absolute atomic E-state index is 4.54. The molecule has 0 saturated carbocycles. The molecule has 142 valence electrons. The van der Waals surface area contributed by atoms with Crippen molar-refractivity contribution in [3.05, 3.63) is 88.0 Å². The van der Waals surface area contributed by atoms with Crippen LogP contribution in [0.2, 0.25) is 0 Å². The number of halogens is 1. The maximum Gasteiger partial charge on any atom is 0.169 e. The smallest absolute Gasteiger partial charge is 0.169 e. The van der Waals surface area contributed by atoms with E-state index >= 15 is 0 Å². The van der Waals surface area contributed by atoms with Gasteiger partial charge >= 0.3 is 0 Å². The molecule has 2 heterocycles. The quantitative estimate of drug-likeness (QED) is 0.298. The fourth-order valence-electron chi connectivity index (χ4n) is 4.31. The molecular weight excluding hydrogens is 422 g/mol. The first-order chi connectivity index (χ1) is 14.0. The van der Waals surface area contributed by atoms with E-state index in [-0.39, 0.29) is 0 Å². The van der Waals surface area contributed by atoms with Crippen LogP contribution in [0.3, 0.4) is 0 Å². The third-order valence-corrected chi connectivity index (χ3v) is 5.99. The Balaban J connectivity index is 1.89. The van der Waals surface area contributed by atoms with Crippen molar-refractivity contribution in [3.8, 4) is 22.5 Å². The number of aryl methyl sites for hydroxylation is 3. The molecule has 4 heteroatoms. The molecule has 0 unspecified atom stereocenters. The molecule has 0 aliphatic rings. The van der Waals surface area contributed by atoms with Gasteiger partial charge in [0.25, 0.3) is 0 Å². The lowest BCUT2D eigenvalue weighted by atomic mass is 9.92. The predicted octanol–water partition coefficient (Wildman–Crippen LogP) is 6.90. The summed E-state index contributed by atoms with van der Waals surface area (Å²) in [5.74, 6) is 0.849. The second kappa shape index (κ2) is 6.82. The van der Waals surface area contributed by atoms with Gasteiger partial charge in [-0.1, -0.05) is 70.0 Å². The second-order valence-corrected chi connectivity index (χ2v) is 8.50. The standard InChI is InChI=1S/C25H20BrN3/c1-15-12-16(2)23(17(3)13-15)22-14-29-24(18-8-10-19(26)11-9-18)27-28-25(29)21-7-5-4-6-20(21)22/h4-14H,1-3H3. The van der Waals surface area contributed by atoms with Gasteiger partial charge in [0, 0.05) is 27.2 Å². The molecule has 0 spiro atoms. The summed E-state index contributed by atoms with van der Waals surface area (Å²) in [6.07, 6.45) is 2.19. The molecule has 0 aliphatic heterocycles. The molecule has 0 bridgehead atoms. The van der Waals surface area contributed by atoms with E-state index < -0.39 is 0 Å². The zero-order valence-electron chi connectivity index (χ0n) is 16.6. The van der Waals surface area contributed by atoms with Crippen LogP contribution >= 0.6 is 15.9 Å². The lowest BCUT2D eigenvalue weighted by Gasteiger charge is -2.15. The van der Waals surface area contributed by atoms with E-state index in [1.165, 1.54) is 33.2 Å². The summed E-state index contributed by atoms with van der Waals surface area (Å²) in [4.78, 5) is 0. The van der Waals surface area contributed by atoms with Gasteiger partial charge in [0.2, 0.25) is 0 Å². The Kier molecular flexibility index (Phi) is 4.25. The fourth-order valence-corrected chi connectivity index (χ4v) is 4.57. The van der Waals surface area contributed by atoms with Gasteiger partial charge in [-0.2, -0.15) is 0 Å². The van der Waals surface area contributed by atoms with Crippen molar-refractivity contribution in [1.82, 2.24) is 14.6 Å². The lowest BCUT2D eigenvalue weighted by Crippen LogP contribution is -1.96. The van der Waals surface area contributed by atoms with Crippen molar-refractivity contribution in [2.45, 2.75) is 20.8 Å². The minimum absolute atomic E-state index is 0.849. The van der Waals surface area contributed by atoms with Gasteiger partial charge in [-0.15, -0.1) is 10.2 Å². The molecule has 0 N–H and O–H groups in total. The van der Waals surface area contributed by atoms with Gasteiger partial charge in [-0.05, 0) is 55.0 Å². The summed E-state index contributed by atoms with van der Waals surface area (Å²) in [6, 6.07) is 21.2. The van der Waals surface area contributed by atoms with E-state index in [1.807, 2.05) is 12.1 Å². The minimum atomic E-state index is 0.849. The summed E-state index contributed by atoms with van der Waals surface area (Å²) in [5.41, 5.74) is 8.26. The van der Waals surface area contributed by atoms with Gasteiger partial charge in [-0.25, -0.2) is 0 Å². The number of hydrogen-bond donors (Lipinski definition) is 0. The van der Waals surface area contributed by atoms with Gasteiger partial charge in [0.1, 0.15) is 0 Å². The van der Waals surface area contributed by atoms with Crippen LogP contribution in [0.5, 0.6) is 0 Å². The first-order valence-electron chi connectivity index (χ1n) is 9.63. The topological polar surface area (TPSA) is 30.2 Å². The molecular formula is C25H20BrN3. The Morgan fingerprint density at radius 2 is 1.45 bits per heavy atom. The molecule has 3 aromatic carbocycles. The summed E-state index contributed by atoms with van der Waals surface area (Å²) < 4.78 is 3.17. The third-order valence-electron chi connectivity index (χ3n) is 5.46. The SMILES string of the molecule is Cc1cc(C)c(-c2cn3c(-c4ccc(Br)cc4)nnc3c3ccccc23)c(C)c1. The van der Waals surface area contributed by atoms with Crippen LogP contribution in [0, 0.1) is 20.8 Å². The van der Waals surface area contributed by atoms with E-state index in [9.17, 15) is 0 Å². The van der Waals surface area contributed by atoms with E-state index in [0.717, 1.165) is 26.9 Å². The van der Waals surface area contributed by atoms with E-state index in [2.05, 4.69) is 106 Å². The van der Waals surface area contributed by atoms with Gasteiger partial charge < -0.3 is 0 Å². The Morgan fingerprint density at radius 3 is 2.14 bits per heavy atom. The third kappa shape index (κ3) is 2.95. The van der Waals surface area contributed by atoms with Crippen LogP contribution in [0.4, 0.5) is 0 Å². The van der Waals surface area contributed by atoms with Crippen molar-refractivity contribution in [1.29, 1.82) is 0 Å².